The molecule has 1 N–H and O–H groups in total. The van der Waals surface area contributed by atoms with Gasteiger partial charge in [-0.25, -0.2) is 0 Å². The Morgan fingerprint density at radius 3 is 1.83 bits per heavy atom. The van der Waals surface area contributed by atoms with E-state index in [1.54, 1.807) is 0 Å². The highest BCUT2D eigenvalue weighted by Crippen LogP contribution is 2.54. The first-order chi connectivity index (χ1) is 11.2. The van der Waals surface area contributed by atoms with Crippen molar-refractivity contribution >= 4 is 13.5 Å². The topological polar surface area (TPSA) is 64.6 Å². The Morgan fingerprint density at radius 2 is 1.46 bits per heavy atom. The Bertz CT molecular complexity index is 391. The number of unbranched alkanes of at least 4 members (excludes halogenated alkanes) is 3. The first-order valence-electron chi connectivity index (χ1n) is 8.47. The molecule has 0 aromatic rings. The Labute approximate surface area is 142 Å². The molecule has 1 atom stereocenters. The number of carbonyl (C=O) groups excluding carboxylic acids is 1. The molecule has 0 aliphatic heterocycles. The summed E-state index contributed by atoms with van der Waals surface area (Å²) in [6.45, 7) is 5.90. The van der Waals surface area contributed by atoms with Crippen LogP contribution in [0.25, 0.3) is 0 Å². The Morgan fingerprint density at radius 1 is 1.00 bits per heavy atom. The smallest absolute Gasteiger partial charge is 0.334 e. The number of rotatable bonds is 13. The Balaban J connectivity index is 5.20. The molecule has 0 aromatic carbocycles. The van der Waals surface area contributed by atoms with Gasteiger partial charge in [0.2, 0.25) is 0 Å². The van der Waals surface area contributed by atoms with Gasteiger partial charge in [-0.2, -0.15) is 13.2 Å². The third kappa shape index (κ3) is 9.04. The zero-order chi connectivity index (χ0) is 18.6. The van der Waals surface area contributed by atoms with E-state index < -0.39 is 25.5 Å². The molecule has 1 unspecified atom stereocenters. The molecule has 0 aliphatic rings. The van der Waals surface area contributed by atoms with Gasteiger partial charge in [-0.15, -0.1) is 0 Å². The SMILES string of the molecule is CCCCOP(=O)(OCCCC)C(CCCC)NC(=O)C(F)(F)F. The van der Waals surface area contributed by atoms with Crippen LogP contribution in [-0.4, -0.2) is 31.1 Å². The van der Waals surface area contributed by atoms with Crippen molar-refractivity contribution in [3.05, 3.63) is 0 Å². The van der Waals surface area contributed by atoms with Crippen molar-refractivity contribution in [2.45, 2.75) is 77.7 Å². The summed E-state index contributed by atoms with van der Waals surface area (Å²) in [4.78, 5) is 11.3. The molecule has 24 heavy (non-hydrogen) atoms. The minimum atomic E-state index is -5.04. The van der Waals surface area contributed by atoms with E-state index in [4.69, 9.17) is 9.05 Å². The number of carbonyl (C=O) groups is 1. The fraction of sp³-hybridized carbons (Fsp3) is 0.933. The van der Waals surface area contributed by atoms with Crippen LogP contribution >= 0.6 is 7.60 Å². The van der Waals surface area contributed by atoms with Crippen LogP contribution < -0.4 is 5.32 Å². The Hall–Kier alpha value is -0.590. The number of hydrogen-bond acceptors (Lipinski definition) is 4. The second-order valence-corrected chi connectivity index (χ2v) is 7.76. The maximum absolute atomic E-state index is 13.0. The lowest BCUT2D eigenvalue weighted by Crippen LogP contribution is -2.43. The molecular weight excluding hydrogens is 346 g/mol. The van der Waals surface area contributed by atoms with Gasteiger partial charge in [-0.1, -0.05) is 46.5 Å². The lowest BCUT2D eigenvalue weighted by molar-refractivity contribution is -0.174. The van der Waals surface area contributed by atoms with Gasteiger partial charge < -0.3 is 14.4 Å². The van der Waals surface area contributed by atoms with E-state index in [9.17, 15) is 22.5 Å². The second kappa shape index (κ2) is 11.9. The third-order valence-corrected chi connectivity index (χ3v) is 5.54. The quantitative estimate of drug-likeness (QED) is 0.363. The summed E-state index contributed by atoms with van der Waals surface area (Å²) in [7, 11) is -3.87. The number of hydrogen-bond donors (Lipinski definition) is 1. The number of halogens is 3. The number of nitrogens with one attached hydrogen (secondary N) is 1. The van der Waals surface area contributed by atoms with Crippen molar-refractivity contribution < 1.29 is 31.6 Å². The molecule has 0 aliphatic carbocycles. The van der Waals surface area contributed by atoms with Gasteiger partial charge in [0.1, 0.15) is 5.78 Å². The second-order valence-electron chi connectivity index (χ2n) is 5.54. The van der Waals surface area contributed by atoms with Crippen LogP contribution in [0.3, 0.4) is 0 Å². The van der Waals surface area contributed by atoms with Crippen molar-refractivity contribution in [2.75, 3.05) is 13.2 Å². The van der Waals surface area contributed by atoms with Crippen LogP contribution in [-0.2, 0) is 18.4 Å². The summed E-state index contributed by atoms with van der Waals surface area (Å²) in [5, 5.41) is 1.81. The lowest BCUT2D eigenvalue weighted by atomic mass is 10.2. The summed E-state index contributed by atoms with van der Waals surface area (Å²) in [6, 6.07) is 0. The van der Waals surface area contributed by atoms with E-state index in [-0.39, 0.29) is 19.6 Å². The molecule has 5 nitrogen and oxygen atoms in total. The molecule has 0 aromatic heterocycles. The minimum absolute atomic E-state index is 0.105. The van der Waals surface area contributed by atoms with Crippen molar-refractivity contribution in [3.8, 4) is 0 Å². The first kappa shape index (κ1) is 23.4. The van der Waals surface area contributed by atoms with E-state index in [1.807, 2.05) is 26.1 Å². The molecule has 0 spiro atoms. The summed E-state index contributed by atoms with van der Waals surface area (Å²) in [5.41, 5.74) is 0. The van der Waals surface area contributed by atoms with E-state index in [0.717, 1.165) is 12.8 Å². The van der Waals surface area contributed by atoms with Gasteiger partial charge in [0.25, 0.3) is 0 Å². The summed E-state index contributed by atoms with van der Waals surface area (Å²) in [6.07, 6.45) is -0.976. The zero-order valence-corrected chi connectivity index (χ0v) is 15.5. The first-order valence-corrected chi connectivity index (χ1v) is 10.1. The van der Waals surface area contributed by atoms with Crippen molar-refractivity contribution in [1.29, 1.82) is 0 Å². The molecule has 0 heterocycles. The molecular formula is C15H29F3NO4P. The summed E-state index contributed by atoms with van der Waals surface area (Å²) < 4.78 is 61.3. The maximum atomic E-state index is 13.0. The molecule has 0 saturated carbocycles. The van der Waals surface area contributed by atoms with Crippen LogP contribution in [0, 0.1) is 0 Å². The summed E-state index contributed by atoms with van der Waals surface area (Å²) in [5.74, 6) is -3.41. The average Bonchev–Trinajstić information content (AvgIpc) is 2.50. The minimum Gasteiger partial charge on any atom is -0.334 e. The molecule has 0 saturated heterocycles. The molecule has 0 rings (SSSR count). The van der Waals surface area contributed by atoms with E-state index in [2.05, 4.69) is 0 Å². The van der Waals surface area contributed by atoms with Gasteiger partial charge >= 0.3 is 19.7 Å². The van der Waals surface area contributed by atoms with E-state index in [1.165, 1.54) is 0 Å². The molecule has 9 heteroatoms. The van der Waals surface area contributed by atoms with Crippen LogP contribution in [0.1, 0.15) is 65.7 Å². The van der Waals surface area contributed by atoms with Crippen LogP contribution in [0.5, 0.6) is 0 Å². The van der Waals surface area contributed by atoms with Crippen molar-refractivity contribution in [2.24, 2.45) is 0 Å². The van der Waals surface area contributed by atoms with Gasteiger partial charge in [0.15, 0.2) is 0 Å². The van der Waals surface area contributed by atoms with Crippen molar-refractivity contribution in [3.63, 3.8) is 0 Å². The van der Waals surface area contributed by atoms with E-state index >= 15 is 0 Å². The number of amides is 1. The normalized spacial score (nSPS) is 13.8. The average molecular weight is 375 g/mol. The molecule has 1 amide bonds. The fourth-order valence-corrected chi connectivity index (χ4v) is 3.81. The zero-order valence-electron chi connectivity index (χ0n) is 14.7. The monoisotopic (exact) mass is 375 g/mol. The molecule has 0 bridgehead atoms. The molecule has 0 fully saturated rings. The van der Waals surface area contributed by atoms with Crippen LogP contribution in [0.15, 0.2) is 0 Å². The van der Waals surface area contributed by atoms with Crippen LogP contribution in [0.4, 0.5) is 13.2 Å². The van der Waals surface area contributed by atoms with Gasteiger partial charge in [-0.05, 0) is 19.3 Å². The van der Waals surface area contributed by atoms with Crippen molar-refractivity contribution in [1.82, 2.24) is 5.32 Å². The maximum Gasteiger partial charge on any atom is 0.471 e. The highest BCUT2D eigenvalue weighted by molar-refractivity contribution is 7.54. The lowest BCUT2D eigenvalue weighted by Gasteiger charge is -2.28. The summed E-state index contributed by atoms with van der Waals surface area (Å²) >= 11 is 0. The highest BCUT2D eigenvalue weighted by Gasteiger charge is 2.44. The van der Waals surface area contributed by atoms with E-state index in [0.29, 0.717) is 25.7 Å². The van der Waals surface area contributed by atoms with Crippen LogP contribution in [0.2, 0.25) is 0 Å². The predicted octanol–water partition coefficient (Wildman–Crippen LogP) is 5.01. The molecule has 0 radical (unpaired) electrons. The fourth-order valence-electron chi connectivity index (χ4n) is 1.83. The third-order valence-electron chi connectivity index (χ3n) is 3.31. The standard InChI is InChI=1S/C15H29F3NO4P/c1-4-7-10-13(19-14(20)15(16,17)18)24(21,22-11-8-5-2)23-12-9-6-3/h13H,4-12H2,1-3H3,(H,19,20). The molecule has 144 valence electrons. The van der Waals surface area contributed by atoms with Gasteiger partial charge in [-0.3, -0.25) is 9.36 Å². The van der Waals surface area contributed by atoms with Gasteiger partial charge in [0, 0.05) is 0 Å². The predicted molar refractivity (Wildman–Crippen MR) is 86.8 cm³/mol. The largest absolute Gasteiger partial charge is 0.471 e. The number of alkyl halides is 3. The highest BCUT2D eigenvalue weighted by atomic mass is 31.2. The van der Waals surface area contributed by atoms with Gasteiger partial charge in [0.05, 0.1) is 13.2 Å². The Kier molecular flexibility index (Phi) is 11.6.